The number of nitrogens with zero attached hydrogens (tertiary/aromatic N) is 4. The number of aryl methyl sites for hydroxylation is 2. The summed E-state index contributed by atoms with van der Waals surface area (Å²) in [5, 5.41) is 4.44. The minimum Gasteiger partial charge on any atom is -0.372 e. The molecule has 2 aromatic rings. The van der Waals surface area contributed by atoms with Gasteiger partial charge in [-0.2, -0.15) is 5.10 Å². The number of imidazole rings is 1. The molecule has 9 heteroatoms. The Labute approximate surface area is 161 Å². The molecule has 0 bridgehead atoms. The topological polar surface area (TPSA) is 91.0 Å². The quantitative estimate of drug-likeness (QED) is 0.809. The normalized spacial score (nSPS) is 21.1. The number of nitrogens with one attached hydrogen (secondary N) is 1. The average Bonchev–Trinajstić information content (AvgIpc) is 3.10. The van der Waals surface area contributed by atoms with Gasteiger partial charge >= 0.3 is 0 Å². The molecule has 2 atom stereocenters. The third-order valence-corrected chi connectivity index (χ3v) is 6.68. The maximum atomic E-state index is 13.1. The van der Waals surface area contributed by atoms with Crippen LogP contribution < -0.4 is 4.72 Å². The molecule has 2 aromatic heterocycles. The smallest absolute Gasteiger partial charge is 0.244 e. The van der Waals surface area contributed by atoms with Crippen LogP contribution in [0.1, 0.15) is 49.9 Å². The number of rotatable bonds is 6. The zero-order chi connectivity index (χ0) is 19.8. The van der Waals surface area contributed by atoms with E-state index in [1.165, 1.54) is 0 Å². The van der Waals surface area contributed by atoms with Gasteiger partial charge in [-0.15, -0.1) is 0 Å². The van der Waals surface area contributed by atoms with Crippen molar-refractivity contribution in [3.8, 4) is 0 Å². The lowest BCUT2D eigenvalue weighted by molar-refractivity contribution is -0.0000459. The highest BCUT2D eigenvalue weighted by molar-refractivity contribution is 7.89. The van der Waals surface area contributed by atoms with Crippen molar-refractivity contribution in [1.29, 1.82) is 0 Å². The fraction of sp³-hybridized carbons (Fsp3) is 0.667. The van der Waals surface area contributed by atoms with E-state index in [9.17, 15) is 8.42 Å². The molecule has 1 N–H and O–H groups in total. The van der Waals surface area contributed by atoms with E-state index in [1.807, 2.05) is 18.5 Å². The largest absolute Gasteiger partial charge is 0.372 e. The van der Waals surface area contributed by atoms with E-state index in [0.717, 1.165) is 5.69 Å². The Hall–Kier alpha value is -1.71. The van der Waals surface area contributed by atoms with E-state index in [0.29, 0.717) is 48.2 Å². The number of hydrogen-bond donors (Lipinski definition) is 1. The minimum absolute atomic E-state index is 0.162. The predicted molar refractivity (Wildman–Crippen MR) is 102 cm³/mol. The van der Waals surface area contributed by atoms with Crippen LogP contribution in [-0.2, 0) is 28.4 Å². The fourth-order valence-electron chi connectivity index (χ4n) is 3.66. The van der Waals surface area contributed by atoms with Crippen LogP contribution in [0.25, 0.3) is 0 Å². The molecule has 27 heavy (non-hydrogen) atoms. The van der Waals surface area contributed by atoms with Gasteiger partial charge < -0.3 is 9.30 Å². The van der Waals surface area contributed by atoms with Crippen molar-refractivity contribution in [2.75, 3.05) is 6.61 Å². The first kappa shape index (κ1) is 20.0. The lowest BCUT2D eigenvalue weighted by Gasteiger charge is -2.30. The Morgan fingerprint density at radius 2 is 2.11 bits per heavy atom. The molecule has 3 heterocycles. The first-order valence-electron chi connectivity index (χ1n) is 9.33. The molecule has 0 amide bonds. The highest BCUT2D eigenvalue weighted by Crippen LogP contribution is 2.29. The van der Waals surface area contributed by atoms with Gasteiger partial charge in [0.05, 0.1) is 29.6 Å². The summed E-state index contributed by atoms with van der Waals surface area (Å²) in [5.74, 6) is 0.390. The van der Waals surface area contributed by atoms with E-state index in [1.54, 1.807) is 24.1 Å². The van der Waals surface area contributed by atoms with Crippen molar-refractivity contribution < 1.29 is 13.2 Å². The van der Waals surface area contributed by atoms with Crippen LogP contribution in [0.2, 0.25) is 0 Å². The second kappa shape index (κ2) is 7.73. The molecule has 1 aliphatic rings. The van der Waals surface area contributed by atoms with Crippen molar-refractivity contribution in [1.82, 2.24) is 24.1 Å². The molecule has 1 saturated heterocycles. The Kier molecular flexibility index (Phi) is 5.73. The molecule has 0 spiro atoms. The van der Waals surface area contributed by atoms with E-state index in [-0.39, 0.29) is 12.1 Å². The molecule has 0 unspecified atom stereocenters. The van der Waals surface area contributed by atoms with Gasteiger partial charge in [0, 0.05) is 26.2 Å². The molecular formula is C18H29N5O3S. The van der Waals surface area contributed by atoms with Gasteiger partial charge in [-0.3, -0.25) is 4.68 Å². The van der Waals surface area contributed by atoms with Gasteiger partial charge in [-0.25, -0.2) is 18.1 Å². The van der Waals surface area contributed by atoms with Crippen molar-refractivity contribution in [2.45, 2.75) is 64.1 Å². The lowest BCUT2D eigenvalue weighted by atomic mass is 10.0. The van der Waals surface area contributed by atoms with E-state index in [2.05, 4.69) is 28.7 Å². The molecule has 0 aromatic carbocycles. The SMILES string of the molecule is Cc1nn(CC(C)C)c(C)c1S(=O)(=O)N[C@@H]1CCO[C@@H](c2cncn2C)C1. The Morgan fingerprint density at radius 3 is 2.74 bits per heavy atom. The summed E-state index contributed by atoms with van der Waals surface area (Å²) in [5.41, 5.74) is 2.18. The average molecular weight is 396 g/mol. The second-order valence-corrected chi connectivity index (χ2v) is 9.36. The van der Waals surface area contributed by atoms with E-state index >= 15 is 0 Å². The molecule has 3 rings (SSSR count). The monoisotopic (exact) mass is 395 g/mol. The van der Waals surface area contributed by atoms with Gasteiger partial charge in [-0.1, -0.05) is 13.8 Å². The number of aromatic nitrogens is 4. The molecule has 0 saturated carbocycles. The third kappa shape index (κ3) is 4.25. The molecule has 0 radical (unpaired) electrons. The van der Waals surface area contributed by atoms with Crippen molar-refractivity contribution in [3.63, 3.8) is 0 Å². The molecule has 0 aliphatic carbocycles. The van der Waals surface area contributed by atoms with Crippen molar-refractivity contribution >= 4 is 10.0 Å². The Balaban J connectivity index is 1.78. The zero-order valence-corrected chi connectivity index (χ0v) is 17.5. The van der Waals surface area contributed by atoms with Gasteiger partial charge in [0.25, 0.3) is 0 Å². The minimum atomic E-state index is -3.65. The van der Waals surface area contributed by atoms with Gasteiger partial charge in [0.15, 0.2) is 0 Å². The van der Waals surface area contributed by atoms with Crippen LogP contribution in [0.15, 0.2) is 17.4 Å². The predicted octanol–water partition coefficient (Wildman–Crippen LogP) is 2.09. The Morgan fingerprint density at radius 1 is 1.37 bits per heavy atom. The summed E-state index contributed by atoms with van der Waals surface area (Å²) in [4.78, 5) is 4.42. The van der Waals surface area contributed by atoms with Crippen molar-refractivity contribution in [2.24, 2.45) is 13.0 Å². The van der Waals surface area contributed by atoms with Crippen LogP contribution in [0.4, 0.5) is 0 Å². The van der Waals surface area contributed by atoms with Crippen LogP contribution >= 0.6 is 0 Å². The maximum absolute atomic E-state index is 13.1. The van der Waals surface area contributed by atoms with Crippen LogP contribution in [0, 0.1) is 19.8 Å². The van der Waals surface area contributed by atoms with Crippen molar-refractivity contribution in [3.05, 3.63) is 29.6 Å². The molecule has 150 valence electrons. The molecule has 1 fully saturated rings. The second-order valence-electron chi connectivity index (χ2n) is 7.71. The molecular weight excluding hydrogens is 366 g/mol. The first-order chi connectivity index (χ1) is 12.7. The van der Waals surface area contributed by atoms with Gasteiger partial charge in [0.1, 0.15) is 11.0 Å². The van der Waals surface area contributed by atoms with E-state index in [4.69, 9.17) is 4.74 Å². The summed E-state index contributed by atoms with van der Waals surface area (Å²) in [7, 11) is -1.74. The van der Waals surface area contributed by atoms with Crippen LogP contribution in [-0.4, -0.2) is 40.4 Å². The van der Waals surface area contributed by atoms with Gasteiger partial charge in [0.2, 0.25) is 10.0 Å². The first-order valence-corrected chi connectivity index (χ1v) is 10.8. The number of sulfonamides is 1. The zero-order valence-electron chi connectivity index (χ0n) is 16.6. The summed E-state index contributed by atoms with van der Waals surface area (Å²) in [6, 6.07) is -0.184. The number of ether oxygens (including phenoxy) is 1. The van der Waals surface area contributed by atoms with Crippen LogP contribution in [0.3, 0.4) is 0 Å². The number of hydrogen-bond acceptors (Lipinski definition) is 5. The third-order valence-electron chi connectivity index (χ3n) is 4.91. The highest BCUT2D eigenvalue weighted by atomic mass is 32.2. The summed E-state index contributed by atoms with van der Waals surface area (Å²) in [6.07, 6.45) is 4.56. The standard InChI is InChI=1S/C18H29N5O3S/c1-12(2)10-23-14(4)18(13(3)20-23)27(24,25)21-15-6-7-26-17(8-15)16-9-19-11-22(16)5/h9,11-12,15,17,21H,6-8,10H2,1-5H3/t15-,17-/m1/s1. The Bertz CT molecular complexity index is 900. The highest BCUT2D eigenvalue weighted by Gasteiger charge is 2.32. The summed E-state index contributed by atoms with van der Waals surface area (Å²) < 4.78 is 38.6. The molecule has 1 aliphatic heterocycles. The fourth-order valence-corrected chi connectivity index (χ4v) is 5.35. The summed E-state index contributed by atoms with van der Waals surface area (Å²) >= 11 is 0. The lowest BCUT2D eigenvalue weighted by Crippen LogP contribution is -2.40. The van der Waals surface area contributed by atoms with Crippen LogP contribution in [0.5, 0.6) is 0 Å². The summed E-state index contributed by atoms with van der Waals surface area (Å²) in [6.45, 7) is 8.95. The van der Waals surface area contributed by atoms with Gasteiger partial charge in [-0.05, 0) is 32.6 Å². The molecule has 8 nitrogen and oxygen atoms in total. The van der Waals surface area contributed by atoms with E-state index < -0.39 is 10.0 Å². The maximum Gasteiger partial charge on any atom is 0.244 e.